The maximum absolute atomic E-state index is 13.5. The largest absolute Gasteiger partial charge is 0.396 e. The minimum atomic E-state index is -3.95. The fourth-order valence-corrected chi connectivity index (χ4v) is 7.79. The number of hydrogen-bond donors (Lipinski definition) is 4. The Morgan fingerprint density at radius 1 is 0.837 bits per heavy atom. The lowest BCUT2D eigenvalue weighted by Gasteiger charge is -2.41. The fourth-order valence-electron chi connectivity index (χ4n) is 5.69. The highest BCUT2D eigenvalue weighted by molar-refractivity contribution is 7.99. The summed E-state index contributed by atoms with van der Waals surface area (Å²) in [6.07, 6.45) is -0.807. The zero-order valence-corrected chi connectivity index (χ0v) is 29.3. The van der Waals surface area contributed by atoms with Crippen molar-refractivity contribution in [3.8, 4) is 0 Å². The zero-order chi connectivity index (χ0) is 34.8. The Labute approximate surface area is 293 Å². The molecule has 0 aromatic heterocycles. The average Bonchev–Trinajstić information content (AvgIpc) is 3.12. The van der Waals surface area contributed by atoms with Crippen molar-refractivity contribution in [3.05, 3.63) is 137 Å². The number of nitrogens with one attached hydrogen (secondary N) is 2. The van der Waals surface area contributed by atoms with Gasteiger partial charge in [-0.05, 0) is 47.7 Å². The Morgan fingerprint density at radius 3 is 2.14 bits per heavy atom. The molecule has 0 bridgehead atoms. The predicted octanol–water partition coefficient (Wildman–Crippen LogP) is 5.21. The first kappa shape index (κ1) is 36.7. The zero-order valence-electron chi connectivity index (χ0n) is 27.7. The number of hydrogen-bond acceptors (Lipinski definition) is 8. The van der Waals surface area contributed by atoms with Crippen molar-refractivity contribution in [1.82, 2.24) is 10.0 Å². The summed E-state index contributed by atoms with van der Waals surface area (Å²) in [6, 6.07) is 30.1. The molecule has 0 spiro atoms. The molecule has 5 rings (SSSR count). The van der Waals surface area contributed by atoms with Crippen LogP contribution in [0.2, 0.25) is 0 Å². The number of rotatable bonds is 15. The normalized spacial score (nSPS) is 20.1. The molecule has 4 aromatic carbocycles. The Bertz CT molecular complexity index is 1740. The van der Waals surface area contributed by atoms with Gasteiger partial charge in [0, 0.05) is 29.5 Å². The predicted molar refractivity (Wildman–Crippen MR) is 191 cm³/mol. The summed E-state index contributed by atoms with van der Waals surface area (Å²) in [5.74, 6) is 0.932. The van der Waals surface area contributed by atoms with E-state index in [2.05, 4.69) is 17.0 Å². The van der Waals surface area contributed by atoms with Crippen LogP contribution in [0.25, 0.3) is 0 Å². The van der Waals surface area contributed by atoms with E-state index in [4.69, 9.17) is 9.47 Å². The van der Waals surface area contributed by atoms with E-state index in [1.54, 1.807) is 23.9 Å². The first-order valence-corrected chi connectivity index (χ1v) is 19.0. The third-order valence-corrected chi connectivity index (χ3v) is 11.1. The van der Waals surface area contributed by atoms with E-state index < -0.39 is 28.3 Å². The number of amides is 1. The molecule has 9 nitrogen and oxygen atoms in total. The molecular formula is C38H44N2O7S2. The Kier molecular flexibility index (Phi) is 13.0. The van der Waals surface area contributed by atoms with E-state index in [-0.39, 0.29) is 49.2 Å². The van der Waals surface area contributed by atoms with Gasteiger partial charge in [-0.2, -0.15) is 16.5 Å². The first-order valence-electron chi connectivity index (χ1n) is 16.4. The van der Waals surface area contributed by atoms with Crippen LogP contribution in [0, 0.1) is 12.8 Å². The second-order valence-corrected chi connectivity index (χ2v) is 15.1. The molecule has 11 heteroatoms. The van der Waals surface area contributed by atoms with Gasteiger partial charge in [0.25, 0.3) is 0 Å². The summed E-state index contributed by atoms with van der Waals surface area (Å²) in [5, 5.41) is 21.7. The molecule has 1 aliphatic heterocycles. The van der Waals surface area contributed by atoms with Crippen LogP contribution in [-0.2, 0) is 43.9 Å². The summed E-state index contributed by atoms with van der Waals surface area (Å²) in [7, 11) is -3.95. The molecule has 0 aliphatic carbocycles. The van der Waals surface area contributed by atoms with Crippen LogP contribution in [0.15, 0.2) is 108 Å². The number of aliphatic hydroxyl groups is 2. The van der Waals surface area contributed by atoms with Crippen LogP contribution < -0.4 is 10.0 Å². The van der Waals surface area contributed by atoms with Gasteiger partial charge < -0.3 is 25.0 Å². The third-order valence-electron chi connectivity index (χ3n) is 8.59. The number of ether oxygens (including phenoxy) is 2. The number of benzene rings is 4. The van der Waals surface area contributed by atoms with Crippen molar-refractivity contribution in [2.75, 3.05) is 18.1 Å². The molecule has 1 heterocycles. The summed E-state index contributed by atoms with van der Waals surface area (Å²) >= 11 is 1.63. The minimum absolute atomic E-state index is 0.0307. The van der Waals surface area contributed by atoms with Crippen LogP contribution in [0.3, 0.4) is 0 Å². The van der Waals surface area contributed by atoms with Crippen LogP contribution in [0.4, 0.5) is 0 Å². The first-order chi connectivity index (χ1) is 23.7. The summed E-state index contributed by atoms with van der Waals surface area (Å²) in [4.78, 5) is 13.6. The lowest BCUT2D eigenvalue weighted by atomic mass is 9.91. The van der Waals surface area contributed by atoms with Crippen molar-refractivity contribution >= 4 is 27.7 Å². The highest BCUT2D eigenvalue weighted by Crippen LogP contribution is 2.42. The molecule has 1 amide bonds. The fraction of sp³-hybridized carbons (Fsp3) is 0.342. The van der Waals surface area contributed by atoms with Gasteiger partial charge >= 0.3 is 0 Å². The van der Waals surface area contributed by atoms with Crippen molar-refractivity contribution in [1.29, 1.82) is 0 Å². The van der Waals surface area contributed by atoms with E-state index in [0.29, 0.717) is 11.5 Å². The van der Waals surface area contributed by atoms with Gasteiger partial charge in [-0.1, -0.05) is 103 Å². The maximum Gasteiger partial charge on any atom is 0.241 e. The number of thioether (sulfide) groups is 1. The molecule has 49 heavy (non-hydrogen) atoms. The summed E-state index contributed by atoms with van der Waals surface area (Å²) in [5.41, 5.74) is 5.24. The van der Waals surface area contributed by atoms with Crippen LogP contribution in [0.1, 0.15) is 52.7 Å². The summed E-state index contributed by atoms with van der Waals surface area (Å²) in [6.45, 7) is 4.24. The SMILES string of the molecule is Cc1ccc(S(=O)(=O)N[C@H](Cc2ccccc2)C(=O)NCc2ccc([C@@H]3O[C@H](CSCCO)[C@H](C)[C@H](c4ccc(CO)cc4)O3)cc2)cc1. The van der Waals surface area contributed by atoms with E-state index in [0.717, 1.165) is 33.4 Å². The smallest absolute Gasteiger partial charge is 0.241 e. The monoisotopic (exact) mass is 704 g/mol. The van der Waals surface area contributed by atoms with Crippen molar-refractivity contribution < 1.29 is 32.9 Å². The van der Waals surface area contributed by atoms with Crippen LogP contribution in [0.5, 0.6) is 0 Å². The molecule has 5 atom stereocenters. The van der Waals surface area contributed by atoms with E-state index in [1.807, 2.05) is 85.8 Å². The van der Waals surface area contributed by atoms with Gasteiger partial charge in [0.05, 0.1) is 30.3 Å². The topological polar surface area (TPSA) is 134 Å². The average molecular weight is 705 g/mol. The van der Waals surface area contributed by atoms with E-state index >= 15 is 0 Å². The molecule has 1 saturated heterocycles. The molecule has 4 N–H and O–H groups in total. The third kappa shape index (κ3) is 10.0. The Balaban J connectivity index is 1.27. The van der Waals surface area contributed by atoms with Crippen LogP contribution in [-0.4, -0.2) is 54.8 Å². The van der Waals surface area contributed by atoms with Crippen molar-refractivity contribution in [2.45, 2.75) is 62.9 Å². The van der Waals surface area contributed by atoms with Gasteiger partial charge in [-0.25, -0.2) is 8.42 Å². The Hall–Kier alpha value is -3.55. The quantitative estimate of drug-likeness (QED) is 0.124. The van der Waals surface area contributed by atoms with Crippen LogP contribution >= 0.6 is 11.8 Å². The minimum Gasteiger partial charge on any atom is -0.396 e. The van der Waals surface area contributed by atoms with Crippen molar-refractivity contribution in [2.24, 2.45) is 5.92 Å². The molecule has 260 valence electrons. The van der Waals surface area contributed by atoms with Gasteiger partial charge in [0.1, 0.15) is 6.04 Å². The number of aliphatic hydroxyl groups excluding tert-OH is 2. The van der Waals surface area contributed by atoms with E-state index in [1.165, 1.54) is 12.1 Å². The molecule has 1 aliphatic rings. The maximum atomic E-state index is 13.5. The van der Waals surface area contributed by atoms with Crippen molar-refractivity contribution in [3.63, 3.8) is 0 Å². The molecule has 0 radical (unpaired) electrons. The molecular weight excluding hydrogens is 661 g/mol. The standard InChI is InChI=1S/C38H44N2O7S2/c1-26-8-18-33(19-9-26)49(44,45)40-34(22-28-6-4-3-5-7-28)37(43)39-23-29-10-16-32(17-11-29)38-46-35(25-48-21-20-41)27(2)36(47-38)31-14-12-30(24-42)13-15-31/h3-19,27,34-36,38,40-42H,20-25H2,1-2H3,(H,39,43)/t27-,34+,35+,36+,38+/m0/s1. The molecule has 0 unspecified atom stereocenters. The second kappa shape index (κ2) is 17.4. The number of carbonyl (C=O) groups excluding carboxylic acids is 1. The second-order valence-electron chi connectivity index (χ2n) is 12.3. The molecule has 0 saturated carbocycles. The highest BCUT2D eigenvalue weighted by Gasteiger charge is 2.38. The summed E-state index contributed by atoms with van der Waals surface area (Å²) < 4.78 is 42.0. The Morgan fingerprint density at radius 2 is 1.49 bits per heavy atom. The van der Waals surface area contributed by atoms with Gasteiger partial charge in [0.2, 0.25) is 15.9 Å². The number of sulfonamides is 1. The van der Waals surface area contributed by atoms with Gasteiger partial charge in [-0.3, -0.25) is 4.79 Å². The number of aryl methyl sites for hydroxylation is 1. The lowest BCUT2D eigenvalue weighted by molar-refractivity contribution is -0.268. The van der Waals surface area contributed by atoms with Gasteiger partial charge in [0.15, 0.2) is 6.29 Å². The molecule has 4 aromatic rings. The van der Waals surface area contributed by atoms with Gasteiger partial charge in [-0.15, -0.1) is 0 Å². The number of carbonyl (C=O) groups is 1. The molecule has 1 fully saturated rings. The highest BCUT2D eigenvalue weighted by atomic mass is 32.2. The lowest BCUT2D eigenvalue weighted by Crippen LogP contribution is -2.47. The van der Waals surface area contributed by atoms with E-state index in [9.17, 15) is 23.4 Å².